The molecule has 0 aliphatic heterocycles. The van der Waals surface area contributed by atoms with Gasteiger partial charge in [-0.15, -0.1) is 0 Å². The van der Waals surface area contributed by atoms with Crippen LogP contribution in [0, 0.1) is 0 Å². The number of urea groups is 1. The largest absolute Gasteiger partial charge is 0.365 e. The van der Waals surface area contributed by atoms with Gasteiger partial charge < -0.3 is 21.4 Å². The third kappa shape index (κ3) is 2.63. The number of likely N-dealkylation sites (N-methyl/N-ethyl adjacent to an activating group) is 1. The Morgan fingerprint density at radius 1 is 1.21 bits per heavy atom. The fourth-order valence-corrected chi connectivity index (χ4v) is 2.81. The average molecular weight is 326 g/mol. The van der Waals surface area contributed by atoms with Crippen LogP contribution in [-0.4, -0.2) is 35.1 Å². The van der Waals surface area contributed by atoms with Gasteiger partial charge in [-0.1, -0.05) is 18.2 Å². The summed E-state index contributed by atoms with van der Waals surface area (Å²) in [5.74, 6) is -0.615. The molecule has 0 fully saturated rings. The fraction of sp³-hybridized carbons (Fsp3) is 0.188. The highest BCUT2D eigenvalue weighted by Gasteiger charge is 2.18. The number of hydrogen-bond donors (Lipinski definition) is 4. The first-order chi connectivity index (χ1) is 11.5. The quantitative estimate of drug-likeness (QED) is 0.557. The number of nitrogens with two attached hydrogens (primary N) is 2. The standard InChI is InChI=1S/C16H18N6O2/c1-19-6-7-22-12-5-3-2-4-9(12)10-8-11(13(17)23)14(20-15(10)22)21-16(18)24/h2-5,8,19H,6-7H2,1H3,(H2,17,23)(H3,18,20,21,24). The van der Waals surface area contributed by atoms with Crippen molar-refractivity contribution in [2.45, 2.75) is 6.54 Å². The predicted octanol–water partition coefficient (Wildman–Crippen LogP) is 0.998. The molecule has 6 N–H and O–H groups in total. The van der Waals surface area contributed by atoms with Gasteiger partial charge in [0.15, 0.2) is 0 Å². The first kappa shape index (κ1) is 15.8. The Bertz CT molecular complexity index is 947. The van der Waals surface area contributed by atoms with E-state index in [9.17, 15) is 9.59 Å². The van der Waals surface area contributed by atoms with Crippen molar-refractivity contribution >= 4 is 39.7 Å². The van der Waals surface area contributed by atoms with Gasteiger partial charge >= 0.3 is 6.03 Å². The Morgan fingerprint density at radius 2 is 1.96 bits per heavy atom. The maximum atomic E-state index is 11.7. The number of nitrogens with one attached hydrogen (secondary N) is 2. The zero-order valence-corrected chi connectivity index (χ0v) is 13.2. The molecule has 3 aromatic rings. The summed E-state index contributed by atoms with van der Waals surface area (Å²) in [6.07, 6.45) is 0. The average Bonchev–Trinajstić information content (AvgIpc) is 2.84. The number of benzene rings is 1. The monoisotopic (exact) mass is 326 g/mol. The maximum Gasteiger partial charge on any atom is 0.317 e. The highest BCUT2D eigenvalue weighted by Crippen LogP contribution is 2.30. The van der Waals surface area contributed by atoms with E-state index in [-0.39, 0.29) is 11.4 Å². The van der Waals surface area contributed by atoms with Crippen LogP contribution in [0.25, 0.3) is 21.9 Å². The van der Waals surface area contributed by atoms with E-state index in [0.717, 1.165) is 22.8 Å². The maximum absolute atomic E-state index is 11.7. The lowest BCUT2D eigenvalue weighted by atomic mass is 10.1. The minimum absolute atomic E-state index is 0.0658. The Labute approximate surface area is 137 Å². The highest BCUT2D eigenvalue weighted by atomic mass is 16.2. The fourth-order valence-electron chi connectivity index (χ4n) is 2.81. The second-order valence-corrected chi connectivity index (χ2v) is 5.38. The molecule has 2 heterocycles. The lowest BCUT2D eigenvalue weighted by Crippen LogP contribution is -2.24. The summed E-state index contributed by atoms with van der Waals surface area (Å²) in [7, 11) is 1.87. The highest BCUT2D eigenvalue weighted by molar-refractivity contribution is 6.11. The number of rotatable bonds is 5. The van der Waals surface area contributed by atoms with Crippen molar-refractivity contribution in [3.63, 3.8) is 0 Å². The van der Waals surface area contributed by atoms with Gasteiger partial charge in [0.05, 0.1) is 11.1 Å². The molecule has 2 aromatic heterocycles. The summed E-state index contributed by atoms with van der Waals surface area (Å²) < 4.78 is 2.03. The van der Waals surface area contributed by atoms with Crippen molar-refractivity contribution in [3.05, 3.63) is 35.9 Å². The van der Waals surface area contributed by atoms with Gasteiger partial charge in [0, 0.05) is 23.9 Å². The molecular weight excluding hydrogens is 308 g/mol. The van der Waals surface area contributed by atoms with Crippen molar-refractivity contribution in [2.24, 2.45) is 11.5 Å². The van der Waals surface area contributed by atoms with E-state index in [0.29, 0.717) is 12.2 Å². The summed E-state index contributed by atoms with van der Waals surface area (Å²) in [6.45, 7) is 1.42. The van der Waals surface area contributed by atoms with Crippen molar-refractivity contribution in [2.75, 3.05) is 18.9 Å². The SMILES string of the molecule is CNCCn1c2ccccc2c2cc(C(N)=O)c(NC(N)=O)nc21. The summed E-state index contributed by atoms with van der Waals surface area (Å²) in [5.41, 5.74) is 12.4. The number of carbonyl (C=O) groups is 2. The van der Waals surface area contributed by atoms with Crippen LogP contribution in [0.1, 0.15) is 10.4 Å². The zero-order chi connectivity index (χ0) is 17.3. The van der Waals surface area contributed by atoms with Gasteiger partial charge in [0.25, 0.3) is 5.91 Å². The van der Waals surface area contributed by atoms with Crippen molar-refractivity contribution in [1.82, 2.24) is 14.9 Å². The molecule has 3 rings (SSSR count). The number of para-hydroxylation sites is 1. The van der Waals surface area contributed by atoms with Gasteiger partial charge in [-0.05, 0) is 19.2 Å². The number of carbonyl (C=O) groups excluding carboxylic acids is 2. The molecule has 0 saturated heterocycles. The van der Waals surface area contributed by atoms with Crippen LogP contribution in [0.15, 0.2) is 30.3 Å². The third-order valence-electron chi connectivity index (χ3n) is 3.84. The number of amides is 3. The molecule has 8 heteroatoms. The van der Waals surface area contributed by atoms with Crippen molar-refractivity contribution in [1.29, 1.82) is 0 Å². The van der Waals surface area contributed by atoms with Gasteiger partial charge in [-0.25, -0.2) is 9.78 Å². The number of hydrogen-bond acceptors (Lipinski definition) is 4. The number of aromatic nitrogens is 2. The normalized spacial score (nSPS) is 11.0. The predicted molar refractivity (Wildman–Crippen MR) is 92.9 cm³/mol. The summed E-state index contributed by atoms with van der Waals surface area (Å²) in [4.78, 5) is 27.4. The smallest absolute Gasteiger partial charge is 0.317 e. The lowest BCUT2D eigenvalue weighted by Gasteiger charge is -2.09. The van der Waals surface area contributed by atoms with Crippen LogP contribution in [0.5, 0.6) is 0 Å². The number of anilines is 1. The van der Waals surface area contributed by atoms with Crippen LogP contribution in [-0.2, 0) is 6.54 Å². The minimum atomic E-state index is -0.803. The van der Waals surface area contributed by atoms with E-state index in [1.165, 1.54) is 0 Å². The first-order valence-electron chi connectivity index (χ1n) is 7.45. The van der Waals surface area contributed by atoms with Crippen LogP contribution in [0.3, 0.4) is 0 Å². The molecule has 0 saturated carbocycles. The molecule has 3 amide bonds. The van der Waals surface area contributed by atoms with Gasteiger partial charge in [0.1, 0.15) is 11.5 Å². The topological polar surface area (TPSA) is 128 Å². The van der Waals surface area contributed by atoms with Crippen LogP contribution in [0.2, 0.25) is 0 Å². The minimum Gasteiger partial charge on any atom is -0.365 e. The molecule has 0 bridgehead atoms. The summed E-state index contributed by atoms with van der Waals surface area (Å²) in [6, 6.07) is 8.65. The van der Waals surface area contributed by atoms with E-state index in [4.69, 9.17) is 11.5 Å². The Hall–Kier alpha value is -3.13. The summed E-state index contributed by atoms with van der Waals surface area (Å²) in [5, 5.41) is 7.23. The van der Waals surface area contributed by atoms with Gasteiger partial charge in [-0.3, -0.25) is 10.1 Å². The van der Waals surface area contributed by atoms with Crippen LogP contribution in [0.4, 0.5) is 10.6 Å². The van der Waals surface area contributed by atoms with E-state index in [1.54, 1.807) is 6.07 Å². The number of fused-ring (bicyclic) bond motifs is 3. The lowest BCUT2D eigenvalue weighted by molar-refractivity contribution is 0.100. The molecule has 0 atom stereocenters. The van der Waals surface area contributed by atoms with Crippen LogP contribution >= 0.6 is 0 Å². The molecular formula is C16H18N6O2. The van der Waals surface area contributed by atoms with E-state index in [2.05, 4.69) is 15.6 Å². The van der Waals surface area contributed by atoms with E-state index in [1.807, 2.05) is 35.9 Å². The first-order valence-corrected chi connectivity index (χ1v) is 7.45. The Morgan fingerprint density at radius 3 is 2.62 bits per heavy atom. The van der Waals surface area contributed by atoms with Gasteiger partial charge in [0.2, 0.25) is 0 Å². The number of pyridine rings is 1. The molecule has 124 valence electrons. The van der Waals surface area contributed by atoms with E-state index >= 15 is 0 Å². The Balaban J connectivity index is 2.34. The molecule has 0 spiro atoms. The second-order valence-electron chi connectivity index (χ2n) is 5.38. The van der Waals surface area contributed by atoms with Gasteiger partial charge in [-0.2, -0.15) is 0 Å². The summed E-state index contributed by atoms with van der Waals surface area (Å²) >= 11 is 0. The van der Waals surface area contributed by atoms with Crippen molar-refractivity contribution < 1.29 is 9.59 Å². The molecule has 0 unspecified atom stereocenters. The molecule has 0 aliphatic carbocycles. The third-order valence-corrected chi connectivity index (χ3v) is 3.84. The number of primary amides is 2. The Kier molecular flexibility index (Phi) is 4.05. The zero-order valence-electron chi connectivity index (χ0n) is 13.2. The number of nitrogens with zero attached hydrogens (tertiary/aromatic N) is 2. The molecule has 1 aromatic carbocycles. The molecule has 0 radical (unpaired) electrons. The molecule has 8 nitrogen and oxygen atoms in total. The van der Waals surface area contributed by atoms with Crippen LogP contribution < -0.4 is 22.1 Å². The second kappa shape index (κ2) is 6.17. The molecule has 0 aliphatic rings. The van der Waals surface area contributed by atoms with Crippen molar-refractivity contribution in [3.8, 4) is 0 Å². The molecule has 24 heavy (non-hydrogen) atoms. The van der Waals surface area contributed by atoms with E-state index < -0.39 is 11.9 Å².